The number of carbonyl (C=O) groups excluding carboxylic acids is 1. The summed E-state index contributed by atoms with van der Waals surface area (Å²) in [6.45, 7) is 3.37. The molecule has 0 spiro atoms. The first-order valence-electron chi connectivity index (χ1n) is 4.39. The average Bonchev–Trinajstić information content (AvgIpc) is 2.09. The molecule has 0 amide bonds. The van der Waals surface area contributed by atoms with Crippen molar-refractivity contribution in [2.75, 3.05) is 26.9 Å². The van der Waals surface area contributed by atoms with Gasteiger partial charge in [0.05, 0.1) is 13.2 Å². The molecule has 72 valence electrons. The first-order valence-corrected chi connectivity index (χ1v) is 4.39. The Kier molecular flexibility index (Phi) is 8.39. The number of hydrogen-bond donors (Lipinski definition) is 0. The normalized spacial score (nSPS) is 10.2. The highest BCUT2D eigenvalue weighted by Crippen LogP contribution is 1.95. The molecule has 0 aromatic carbocycles. The van der Waals surface area contributed by atoms with E-state index in [9.17, 15) is 4.79 Å². The molecule has 0 bridgehead atoms. The Hall–Kier alpha value is -0.410. The van der Waals surface area contributed by atoms with Crippen LogP contribution in [0.15, 0.2) is 0 Å². The van der Waals surface area contributed by atoms with Gasteiger partial charge >= 0.3 is 0 Å². The number of hydrogen-bond acceptors (Lipinski definition) is 3. The molecule has 0 fully saturated rings. The van der Waals surface area contributed by atoms with Crippen molar-refractivity contribution in [2.45, 2.75) is 26.2 Å². The molecule has 0 rings (SSSR count). The van der Waals surface area contributed by atoms with E-state index >= 15 is 0 Å². The lowest BCUT2D eigenvalue weighted by Crippen LogP contribution is -2.11. The third-order valence-electron chi connectivity index (χ3n) is 1.50. The molecular formula is C9H18O3. The van der Waals surface area contributed by atoms with Crippen molar-refractivity contribution in [1.29, 1.82) is 0 Å². The third-order valence-corrected chi connectivity index (χ3v) is 1.50. The Labute approximate surface area is 74.0 Å². The molecule has 0 atom stereocenters. The summed E-state index contributed by atoms with van der Waals surface area (Å²) in [5, 5.41) is 0. The molecule has 0 unspecified atom stereocenters. The topological polar surface area (TPSA) is 35.5 Å². The number of Topliss-reactive ketones (excluding diaryl/α,β-unsaturated/α-hetero) is 1. The summed E-state index contributed by atoms with van der Waals surface area (Å²) in [7, 11) is 1.61. The molecule has 0 aromatic rings. The van der Waals surface area contributed by atoms with Crippen LogP contribution in [0.1, 0.15) is 26.2 Å². The van der Waals surface area contributed by atoms with Gasteiger partial charge in [0, 0.05) is 13.5 Å². The number of unbranched alkanes of at least 4 members (excludes halogenated alkanes) is 1. The highest BCUT2D eigenvalue weighted by Gasteiger charge is 1.99. The maximum Gasteiger partial charge on any atom is 0.158 e. The van der Waals surface area contributed by atoms with Crippen LogP contribution < -0.4 is 0 Å². The van der Waals surface area contributed by atoms with Crippen LogP contribution in [0.5, 0.6) is 0 Å². The number of carbonyl (C=O) groups is 1. The van der Waals surface area contributed by atoms with Gasteiger partial charge in [0.25, 0.3) is 0 Å². The quantitative estimate of drug-likeness (QED) is 0.522. The van der Waals surface area contributed by atoms with Crippen molar-refractivity contribution in [1.82, 2.24) is 0 Å². The van der Waals surface area contributed by atoms with Gasteiger partial charge in [0.2, 0.25) is 0 Å². The van der Waals surface area contributed by atoms with Crippen molar-refractivity contribution in [3.63, 3.8) is 0 Å². The van der Waals surface area contributed by atoms with Gasteiger partial charge in [-0.2, -0.15) is 0 Å². The molecule has 0 aliphatic carbocycles. The minimum atomic E-state index is 0.188. The van der Waals surface area contributed by atoms with Crippen molar-refractivity contribution in [2.24, 2.45) is 0 Å². The highest BCUT2D eigenvalue weighted by molar-refractivity contribution is 5.79. The van der Waals surface area contributed by atoms with Gasteiger partial charge in [-0.15, -0.1) is 0 Å². The summed E-state index contributed by atoms with van der Waals surface area (Å²) in [6.07, 6.45) is 2.67. The molecule has 0 N–H and O–H groups in total. The maximum absolute atomic E-state index is 11.0. The van der Waals surface area contributed by atoms with Crippen LogP contribution in [0, 0.1) is 0 Å². The third kappa shape index (κ3) is 7.69. The van der Waals surface area contributed by atoms with E-state index < -0.39 is 0 Å². The predicted octanol–water partition coefficient (Wildman–Crippen LogP) is 1.41. The fourth-order valence-corrected chi connectivity index (χ4v) is 0.774. The van der Waals surface area contributed by atoms with E-state index in [0.717, 1.165) is 12.8 Å². The van der Waals surface area contributed by atoms with Gasteiger partial charge < -0.3 is 9.47 Å². The Bertz CT molecular complexity index is 112. The van der Waals surface area contributed by atoms with Crippen molar-refractivity contribution >= 4 is 5.78 Å². The summed E-state index contributed by atoms with van der Waals surface area (Å²) in [6, 6.07) is 0. The Morgan fingerprint density at radius 1 is 1.33 bits per heavy atom. The highest BCUT2D eigenvalue weighted by atomic mass is 16.5. The first-order chi connectivity index (χ1) is 5.81. The minimum absolute atomic E-state index is 0.188. The molecule has 12 heavy (non-hydrogen) atoms. The second-order valence-electron chi connectivity index (χ2n) is 2.69. The van der Waals surface area contributed by atoms with Crippen LogP contribution >= 0.6 is 0 Å². The second-order valence-corrected chi connectivity index (χ2v) is 2.69. The van der Waals surface area contributed by atoms with Crippen molar-refractivity contribution in [3.8, 4) is 0 Å². The van der Waals surface area contributed by atoms with Crippen LogP contribution in [0.25, 0.3) is 0 Å². The van der Waals surface area contributed by atoms with Gasteiger partial charge in [-0.1, -0.05) is 13.3 Å². The zero-order chi connectivity index (χ0) is 9.23. The summed E-state index contributed by atoms with van der Waals surface area (Å²) in [5.74, 6) is 0.188. The maximum atomic E-state index is 11.0. The van der Waals surface area contributed by atoms with E-state index in [1.807, 2.05) is 0 Å². The average molecular weight is 174 g/mol. The lowest BCUT2D eigenvalue weighted by molar-refractivity contribution is -0.124. The van der Waals surface area contributed by atoms with Gasteiger partial charge in [-0.05, 0) is 6.42 Å². The lowest BCUT2D eigenvalue weighted by Gasteiger charge is -2.01. The van der Waals surface area contributed by atoms with Gasteiger partial charge in [-0.3, -0.25) is 4.79 Å². The molecule has 0 saturated heterocycles. The SMILES string of the molecule is CCCCC(=O)COCCOC. The summed E-state index contributed by atoms with van der Waals surface area (Å²) in [5.41, 5.74) is 0. The fourth-order valence-electron chi connectivity index (χ4n) is 0.774. The fraction of sp³-hybridized carbons (Fsp3) is 0.889. The number of methoxy groups -OCH3 is 1. The molecule has 0 aliphatic heterocycles. The molecular weight excluding hydrogens is 156 g/mol. The van der Waals surface area contributed by atoms with Gasteiger partial charge in [-0.25, -0.2) is 0 Å². The molecule has 0 saturated carbocycles. The summed E-state index contributed by atoms with van der Waals surface area (Å²) >= 11 is 0. The number of ketones is 1. The monoisotopic (exact) mass is 174 g/mol. The van der Waals surface area contributed by atoms with E-state index in [0.29, 0.717) is 19.6 Å². The minimum Gasteiger partial charge on any atom is -0.382 e. The van der Waals surface area contributed by atoms with Crippen LogP contribution in [-0.4, -0.2) is 32.7 Å². The van der Waals surface area contributed by atoms with Gasteiger partial charge in [0.1, 0.15) is 6.61 Å². The summed E-state index contributed by atoms with van der Waals surface area (Å²) in [4.78, 5) is 11.0. The molecule has 0 aliphatic rings. The molecule has 3 nitrogen and oxygen atoms in total. The summed E-state index contributed by atoms with van der Waals surface area (Å²) < 4.78 is 9.83. The number of ether oxygens (including phenoxy) is 2. The lowest BCUT2D eigenvalue weighted by atomic mass is 10.2. The Morgan fingerprint density at radius 2 is 2.08 bits per heavy atom. The molecule has 0 aromatic heterocycles. The van der Waals surface area contributed by atoms with E-state index in [1.54, 1.807) is 7.11 Å². The number of rotatable bonds is 8. The Morgan fingerprint density at radius 3 is 2.67 bits per heavy atom. The van der Waals surface area contributed by atoms with E-state index in [-0.39, 0.29) is 12.4 Å². The smallest absolute Gasteiger partial charge is 0.158 e. The van der Waals surface area contributed by atoms with Crippen LogP contribution in [0.2, 0.25) is 0 Å². The molecule has 3 heteroatoms. The van der Waals surface area contributed by atoms with Crippen LogP contribution in [0.4, 0.5) is 0 Å². The largest absolute Gasteiger partial charge is 0.382 e. The van der Waals surface area contributed by atoms with E-state index in [1.165, 1.54) is 0 Å². The van der Waals surface area contributed by atoms with Crippen LogP contribution in [-0.2, 0) is 14.3 Å². The zero-order valence-electron chi connectivity index (χ0n) is 7.97. The van der Waals surface area contributed by atoms with Gasteiger partial charge in [0.15, 0.2) is 5.78 Å². The Balaban J connectivity index is 3.08. The second kappa shape index (κ2) is 8.68. The van der Waals surface area contributed by atoms with Crippen LogP contribution in [0.3, 0.4) is 0 Å². The van der Waals surface area contributed by atoms with Crippen molar-refractivity contribution < 1.29 is 14.3 Å². The zero-order valence-corrected chi connectivity index (χ0v) is 7.97. The first kappa shape index (κ1) is 11.6. The standard InChI is InChI=1S/C9H18O3/c1-3-4-5-9(10)8-12-7-6-11-2/h3-8H2,1-2H3. The predicted molar refractivity (Wildman–Crippen MR) is 47.2 cm³/mol. The van der Waals surface area contributed by atoms with E-state index in [2.05, 4.69) is 6.92 Å². The molecule has 0 heterocycles. The van der Waals surface area contributed by atoms with E-state index in [4.69, 9.17) is 9.47 Å². The molecule has 0 radical (unpaired) electrons. The van der Waals surface area contributed by atoms with Crippen molar-refractivity contribution in [3.05, 3.63) is 0 Å².